The number of rotatable bonds is 5. The highest BCUT2D eigenvalue weighted by Gasteiger charge is 2.25. The second-order valence-corrected chi connectivity index (χ2v) is 8.62. The van der Waals surface area contributed by atoms with Gasteiger partial charge in [0.25, 0.3) is 5.91 Å². The molecular weight excluding hydrogens is 374 g/mol. The van der Waals surface area contributed by atoms with Gasteiger partial charge < -0.3 is 15.5 Å². The van der Waals surface area contributed by atoms with Crippen LogP contribution in [-0.2, 0) is 6.54 Å². The highest BCUT2D eigenvalue weighted by atomic mass is 16.2. The summed E-state index contributed by atoms with van der Waals surface area (Å²) in [6.07, 6.45) is 2.00. The molecule has 1 heterocycles. The zero-order valence-electron chi connectivity index (χ0n) is 18.5. The van der Waals surface area contributed by atoms with Crippen molar-refractivity contribution in [3.05, 3.63) is 70.3 Å². The molecule has 5 heteroatoms. The first-order valence-electron chi connectivity index (χ1n) is 10.8. The van der Waals surface area contributed by atoms with Crippen molar-refractivity contribution in [1.29, 1.82) is 0 Å². The quantitative estimate of drug-likeness (QED) is 0.765. The van der Waals surface area contributed by atoms with Gasteiger partial charge >= 0.3 is 6.03 Å². The summed E-state index contributed by atoms with van der Waals surface area (Å²) < 4.78 is 0. The van der Waals surface area contributed by atoms with E-state index in [9.17, 15) is 9.59 Å². The molecule has 0 saturated carbocycles. The van der Waals surface area contributed by atoms with Crippen molar-refractivity contribution in [2.45, 2.75) is 59.0 Å². The molecule has 2 aromatic carbocycles. The minimum absolute atomic E-state index is 0.00279. The Morgan fingerprint density at radius 1 is 1.10 bits per heavy atom. The molecule has 3 amide bonds. The number of amides is 3. The van der Waals surface area contributed by atoms with Gasteiger partial charge in [-0.2, -0.15) is 0 Å². The van der Waals surface area contributed by atoms with E-state index in [1.54, 1.807) is 0 Å². The monoisotopic (exact) mass is 407 g/mol. The maximum Gasteiger partial charge on any atom is 0.317 e. The maximum atomic E-state index is 12.7. The van der Waals surface area contributed by atoms with E-state index in [-0.39, 0.29) is 23.9 Å². The Morgan fingerprint density at radius 3 is 2.63 bits per heavy atom. The van der Waals surface area contributed by atoms with Crippen molar-refractivity contribution in [2.24, 2.45) is 0 Å². The number of carbonyl (C=O) groups excluding carboxylic acids is 2. The average molecular weight is 408 g/mol. The molecule has 0 aliphatic carbocycles. The molecule has 0 bridgehead atoms. The van der Waals surface area contributed by atoms with Crippen molar-refractivity contribution in [1.82, 2.24) is 15.5 Å². The van der Waals surface area contributed by atoms with E-state index >= 15 is 0 Å². The molecule has 1 atom stereocenters. The van der Waals surface area contributed by atoms with E-state index in [2.05, 4.69) is 48.7 Å². The lowest BCUT2D eigenvalue weighted by molar-refractivity contribution is 0.0950. The number of carbonyl (C=O) groups is 2. The molecule has 1 saturated heterocycles. The highest BCUT2D eigenvalue weighted by Crippen LogP contribution is 2.27. The fraction of sp³-hybridized carbons (Fsp3) is 0.440. The van der Waals surface area contributed by atoms with Gasteiger partial charge in [-0.15, -0.1) is 0 Å². The lowest BCUT2D eigenvalue weighted by Crippen LogP contribution is -2.47. The zero-order chi connectivity index (χ0) is 21.7. The van der Waals surface area contributed by atoms with Gasteiger partial charge in [-0.3, -0.25) is 4.79 Å². The van der Waals surface area contributed by atoms with E-state index < -0.39 is 0 Å². The fourth-order valence-corrected chi connectivity index (χ4v) is 3.90. The lowest BCUT2D eigenvalue weighted by Gasteiger charge is -2.33. The summed E-state index contributed by atoms with van der Waals surface area (Å²) in [5, 5.41) is 6.00. The largest absolute Gasteiger partial charge is 0.348 e. The van der Waals surface area contributed by atoms with Crippen LogP contribution in [0.2, 0.25) is 0 Å². The smallest absolute Gasteiger partial charge is 0.317 e. The average Bonchev–Trinajstić information content (AvgIpc) is 2.74. The van der Waals surface area contributed by atoms with Crippen LogP contribution in [0.1, 0.15) is 65.2 Å². The van der Waals surface area contributed by atoms with Gasteiger partial charge in [-0.05, 0) is 74.9 Å². The summed E-state index contributed by atoms with van der Waals surface area (Å²) in [5.41, 5.74) is 5.37. The molecule has 1 aliphatic heterocycles. The molecule has 0 radical (unpaired) electrons. The highest BCUT2D eigenvalue weighted by molar-refractivity contribution is 5.94. The van der Waals surface area contributed by atoms with Crippen molar-refractivity contribution < 1.29 is 9.59 Å². The SMILES string of the molecule is Cc1ccc(CNC(=O)c2cccc([C@H]3CCCN(C(=O)NC(C)C)C3)c2)cc1C. The van der Waals surface area contributed by atoms with Crippen LogP contribution in [0.3, 0.4) is 0 Å². The van der Waals surface area contributed by atoms with Gasteiger partial charge in [0, 0.05) is 37.2 Å². The van der Waals surface area contributed by atoms with E-state index in [0.29, 0.717) is 18.7 Å². The van der Waals surface area contributed by atoms with Crippen LogP contribution in [0.5, 0.6) is 0 Å². The second-order valence-electron chi connectivity index (χ2n) is 8.62. The standard InChI is InChI=1S/C25H33N3O2/c1-17(2)27-25(30)28-12-6-9-23(16-28)21-7-5-8-22(14-21)24(29)26-15-20-11-10-18(3)19(4)13-20/h5,7-8,10-11,13-14,17,23H,6,9,12,15-16H2,1-4H3,(H,26,29)(H,27,30)/t23-/m0/s1. The molecule has 1 aliphatic rings. The van der Waals surface area contributed by atoms with Gasteiger partial charge in [-0.25, -0.2) is 4.79 Å². The van der Waals surface area contributed by atoms with E-state index in [1.807, 2.05) is 36.9 Å². The molecule has 30 heavy (non-hydrogen) atoms. The predicted molar refractivity (Wildman–Crippen MR) is 121 cm³/mol. The van der Waals surface area contributed by atoms with Crippen LogP contribution in [0.15, 0.2) is 42.5 Å². The molecule has 0 aromatic heterocycles. The number of piperidine rings is 1. The van der Waals surface area contributed by atoms with Gasteiger partial charge in [0.1, 0.15) is 0 Å². The molecule has 0 spiro atoms. The number of hydrogen-bond acceptors (Lipinski definition) is 2. The predicted octanol–water partition coefficient (Wildman–Crippen LogP) is 4.53. The van der Waals surface area contributed by atoms with Gasteiger partial charge in [0.05, 0.1) is 0 Å². The van der Waals surface area contributed by atoms with Crippen molar-refractivity contribution in [3.63, 3.8) is 0 Å². The van der Waals surface area contributed by atoms with Crippen molar-refractivity contribution in [3.8, 4) is 0 Å². The first-order chi connectivity index (χ1) is 14.3. The number of hydrogen-bond donors (Lipinski definition) is 2. The molecule has 3 rings (SSSR count). The summed E-state index contributed by atoms with van der Waals surface area (Å²) in [4.78, 5) is 27.0. The van der Waals surface area contributed by atoms with E-state index in [0.717, 1.165) is 30.5 Å². The van der Waals surface area contributed by atoms with Crippen LogP contribution < -0.4 is 10.6 Å². The Balaban J connectivity index is 1.64. The fourth-order valence-electron chi connectivity index (χ4n) is 3.90. The van der Waals surface area contributed by atoms with Crippen LogP contribution in [0.25, 0.3) is 0 Å². The number of nitrogens with zero attached hydrogens (tertiary/aromatic N) is 1. The Kier molecular flexibility index (Phi) is 7.14. The first kappa shape index (κ1) is 21.9. The normalized spacial score (nSPS) is 16.4. The maximum absolute atomic E-state index is 12.7. The molecule has 5 nitrogen and oxygen atoms in total. The van der Waals surface area contributed by atoms with E-state index in [4.69, 9.17) is 0 Å². The summed E-state index contributed by atoms with van der Waals surface area (Å²) in [7, 11) is 0. The summed E-state index contributed by atoms with van der Waals surface area (Å²) in [6.45, 7) is 10.1. The minimum Gasteiger partial charge on any atom is -0.348 e. The van der Waals surface area contributed by atoms with Crippen LogP contribution in [0.4, 0.5) is 4.79 Å². The first-order valence-corrected chi connectivity index (χ1v) is 10.8. The Labute approximate surface area is 179 Å². The van der Waals surface area contributed by atoms with Crippen molar-refractivity contribution >= 4 is 11.9 Å². The summed E-state index contributed by atoms with van der Waals surface area (Å²) in [5.74, 6) is 0.185. The minimum atomic E-state index is -0.0692. The molecule has 2 N–H and O–H groups in total. The van der Waals surface area contributed by atoms with Gasteiger partial charge in [-0.1, -0.05) is 30.3 Å². The Bertz CT molecular complexity index is 907. The number of likely N-dealkylation sites (tertiary alicyclic amines) is 1. The summed E-state index contributed by atoms with van der Waals surface area (Å²) in [6, 6.07) is 14.2. The van der Waals surface area contributed by atoms with Crippen LogP contribution in [0, 0.1) is 13.8 Å². The Hall–Kier alpha value is -2.82. The number of nitrogens with one attached hydrogen (secondary N) is 2. The topological polar surface area (TPSA) is 61.4 Å². The van der Waals surface area contributed by atoms with Gasteiger partial charge in [0.15, 0.2) is 0 Å². The molecule has 2 aromatic rings. The molecule has 1 fully saturated rings. The van der Waals surface area contributed by atoms with Gasteiger partial charge in [0.2, 0.25) is 0 Å². The lowest BCUT2D eigenvalue weighted by atomic mass is 9.89. The third-order valence-electron chi connectivity index (χ3n) is 5.77. The molecule has 0 unspecified atom stereocenters. The second kappa shape index (κ2) is 9.79. The third-order valence-corrected chi connectivity index (χ3v) is 5.77. The number of benzene rings is 2. The van der Waals surface area contributed by atoms with Crippen LogP contribution >= 0.6 is 0 Å². The Morgan fingerprint density at radius 2 is 1.90 bits per heavy atom. The molecule has 160 valence electrons. The molecular formula is C25H33N3O2. The zero-order valence-corrected chi connectivity index (χ0v) is 18.5. The van der Waals surface area contributed by atoms with Crippen molar-refractivity contribution in [2.75, 3.05) is 13.1 Å². The van der Waals surface area contributed by atoms with Crippen LogP contribution in [-0.4, -0.2) is 36.0 Å². The number of aryl methyl sites for hydroxylation is 2. The summed E-state index contributed by atoms with van der Waals surface area (Å²) >= 11 is 0. The van der Waals surface area contributed by atoms with E-state index in [1.165, 1.54) is 11.1 Å². The number of urea groups is 1. The third kappa shape index (κ3) is 5.62.